The van der Waals surface area contributed by atoms with E-state index < -0.39 is 15.9 Å². The van der Waals surface area contributed by atoms with Crippen LogP contribution < -0.4 is 5.32 Å². The molecule has 1 N–H and O–H groups in total. The molecule has 0 saturated heterocycles. The predicted molar refractivity (Wildman–Crippen MR) is 67.6 cm³/mol. The zero-order chi connectivity index (χ0) is 13.6. The molecule has 0 aromatic carbocycles. The molecule has 5 nitrogen and oxygen atoms in total. The number of hydrogen-bond donors (Lipinski definition) is 1. The summed E-state index contributed by atoms with van der Waals surface area (Å²) in [5, 5.41) is 3.00. The Morgan fingerprint density at radius 1 is 1.29 bits per heavy atom. The lowest BCUT2D eigenvalue weighted by Crippen LogP contribution is -2.48. The molecule has 2 atom stereocenters. The fraction of sp³-hybridized carbons (Fsp3) is 0.909. The number of carbonyl (C=O) groups excluding carboxylic acids is 1. The summed E-state index contributed by atoms with van der Waals surface area (Å²) in [6.45, 7) is 7.14. The van der Waals surface area contributed by atoms with Gasteiger partial charge < -0.3 is 10.1 Å². The van der Waals surface area contributed by atoms with Crippen LogP contribution in [-0.2, 0) is 19.4 Å². The third-order valence-corrected chi connectivity index (χ3v) is 4.42. The van der Waals surface area contributed by atoms with E-state index in [1.807, 2.05) is 13.8 Å². The topological polar surface area (TPSA) is 72.5 Å². The van der Waals surface area contributed by atoms with Gasteiger partial charge in [0.15, 0.2) is 9.84 Å². The predicted octanol–water partition coefficient (Wildman–Crippen LogP) is 0.597. The Balaban J connectivity index is 4.52. The van der Waals surface area contributed by atoms with Gasteiger partial charge in [0.1, 0.15) is 6.04 Å². The van der Waals surface area contributed by atoms with Crippen LogP contribution >= 0.6 is 0 Å². The largest absolute Gasteiger partial charge is 0.468 e. The lowest BCUT2D eigenvalue weighted by molar-refractivity contribution is -0.144. The summed E-state index contributed by atoms with van der Waals surface area (Å²) in [5.74, 6) is -0.164. The van der Waals surface area contributed by atoms with Crippen molar-refractivity contribution in [2.24, 2.45) is 5.92 Å². The van der Waals surface area contributed by atoms with Crippen LogP contribution in [0.25, 0.3) is 0 Å². The van der Waals surface area contributed by atoms with Crippen LogP contribution in [0, 0.1) is 5.92 Å². The summed E-state index contributed by atoms with van der Waals surface area (Å²) in [6, 6.07) is -0.742. The fourth-order valence-corrected chi connectivity index (χ4v) is 2.61. The highest BCUT2D eigenvalue weighted by Gasteiger charge is 2.25. The number of rotatable bonds is 7. The van der Waals surface area contributed by atoms with Crippen molar-refractivity contribution in [1.82, 2.24) is 5.32 Å². The second-order valence-corrected chi connectivity index (χ2v) is 6.91. The molecule has 0 fully saturated rings. The molecule has 0 aromatic rings. The van der Waals surface area contributed by atoms with E-state index in [-0.39, 0.29) is 29.4 Å². The maximum absolute atomic E-state index is 11.5. The molecule has 0 saturated carbocycles. The molecule has 17 heavy (non-hydrogen) atoms. The molecule has 0 bridgehead atoms. The highest BCUT2D eigenvalue weighted by Crippen LogP contribution is 2.06. The second kappa shape index (κ2) is 6.96. The molecule has 0 aliphatic rings. The average Bonchev–Trinajstić information content (AvgIpc) is 2.24. The van der Waals surface area contributed by atoms with Gasteiger partial charge in [0.05, 0.1) is 12.9 Å². The molecule has 0 spiro atoms. The SMILES string of the molecule is CCS(=O)(=O)CC(C)N[C@H](C(=O)OC)C(C)C. The lowest BCUT2D eigenvalue weighted by Gasteiger charge is -2.24. The van der Waals surface area contributed by atoms with Crippen molar-refractivity contribution in [2.75, 3.05) is 18.6 Å². The summed E-state index contributed by atoms with van der Waals surface area (Å²) >= 11 is 0. The van der Waals surface area contributed by atoms with E-state index in [1.165, 1.54) is 7.11 Å². The van der Waals surface area contributed by atoms with Crippen LogP contribution in [0.1, 0.15) is 27.7 Å². The number of sulfone groups is 1. The minimum absolute atomic E-state index is 0.0315. The molecule has 0 aromatic heterocycles. The quantitative estimate of drug-likeness (QED) is 0.682. The number of nitrogens with one attached hydrogen (secondary N) is 1. The minimum Gasteiger partial charge on any atom is -0.468 e. The van der Waals surface area contributed by atoms with Gasteiger partial charge in [0.25, 0.3) is 0 Å². The van der Waals surface area contributed by atoms with E-state index in [1.54, 1.807) is 13.8 Å². The Morgan fingerprint density at radius 3 is 2.18 bits per heavy atom. The maximum atomic E-state index is 11.5. The van der Waals surface area contributed by atoms with Gasteiger partial charge in [-0.3, -0.25) is 4.79 Å². The highest BCUT2D eigenvalue weighted by atomic mass is 32.2. The number of ether oxygens (including phenoxy) is 1. The van der Waals surface area contributed by atoms with Crippen LogP contribution in [0.5, 0.6) is 0 Å². The van der Waals surface area contributed by atoms with E-state index in [4.69, 9.17) is 0 Å². The lowest BCUT2D eigenvalue weighted by atomic mass is 10.0. The normalized spacial score (nSPS) is 15.6. The van der Waals surface area contributed by atoms with Crippen LogP contribution in [0.2, 0.25) is 0 Å². The van der Waals surface area contributed by atoms with Crippen molar-refractivity contribution in [3.63, 3.8) is 0 Å². The van der Waals surface area contributed by atoms with Gasteiger partial charge in [-0.1, -0.05) is 20.8 Å². The van der Waals surface area contributed by atoms with Gasteiger partial charge in [-0.05, 0) is 12.8 Å². The van der Waals surface area contributed by atoms with Crippen molar-refractivity contribution >= 4 is 15.8 Å². The van der Waals surface area contributed by atoms with Gasteiger partial charge in [-0.2, -0.15) is 0 Å². The van der Waals surface area contributed by atoms with E-state index in [0.29, 0.717) is 0 Å². The highest BCUT2D eigenvalue weighted by molar-refractivity contribution is 7.91. The standard InChI is InChI=1S/C11H23NO4S/c1-6-17(14,15)7-9(4)12-10(8(2)3)11(13)16-5/h8-10,12H,6-7H2,1-5H3/t9?,10-/m0/s1. The smallest absolute Gasteiger partial charge is 0.323 e. The molecule has 0 aliphatic heterocycles. The average molecular weight is 265 g/mol. The molecular weight excluding hydrogens is 242 g/mol. The van der Waals surface area contributed by atoms with Crippen molar-refractivity contribution in [2.45, 2.75) is 39.8 Å². The van der Waals surface area contributed by atoms with Crippen LogP contribution in [0.15, 0.2) is 0 Å². The monoisotopic (exact) mass is 265 g/mol. The first-order valence-corrected chi connectivity index (χ1v) is 7.60. The number of methoxy groups -OCH3 is 1. The van der Waals surface area contributed by atoms with E-state index in [9.17, 15) is 13.2 Å². The van der Waals surface area contributed by atoms with E-state index >= 15 is 0 Å². The Morgan fingerprint density at radius 2 is 1.82 bits per heavy atom. The minimum atomic E-state index is -3.04. The van der Waals surface area contributed by atoms with Gasteiger partial charge >= 0.3 is 5.97 Å². The van der Waals surface area contributed by atoms with Crippen molar-refractivity contribution in [3.05, 3.63) is 0 Å². The molecule has 0 amide bonds. The molecular formula is C11H23NO4S. The van der Waals surface area contributed by atoms with Crippen molar-refractivity contribution in [1.29, 1.82) is 0 Å². The molecule has 0 radical (unpaired) electrons. The number of hydrogen-bond acceptors (Lipinski definition) is 5. The molecule has 102 valence electrons. The zero-order valence-corrected chi connectivity index (χ0v) is 12.0. The summed E-state index contributed by atoms with van der Waals surface area (Å²) in [7, 11) is -1.71. The third kappa shape index (κ3) is 6.02. The summed E-state index contributed by atoms with van der Waals surface area (Å²) < 4.78 is 27.6. The number of carbonyl (C=O) groups is 1. The summed E-state index contributed by atoms with van der Waals surface area (Å²) in [5.41, 5.74) is 0. The first-order valence-electron chi connectivity index (χ1n) is 5.77. The first-order chi connectivity index (χ1) is 7.73. The summed E-state index contributed by atoms with van der Waals surface area (Å²) in [6.07, 6.45) is 0. The van der Waals surface area contributed by atoms with Crippen LogP contribution in [0.4, 0.5) is 0 Å². The van der Waals surface area contributed by atoms with Crippen molar-refractivity contribution < 1.29 is 17.9 Å². The molecule has 6 heteroatoms. The molecule has 0 rings (SSSR count). The van der Waals surface area contributed by atoms with E-state index in [0.717, 1.165) is 0 Å². The van der Waals surface area contributed by atoms with E-state index in [2.05, 4.69) is 10.1 Å². The van der Waals surface area contributed by atoms with Gasteiger partial charge in [0.2, 0.25) is 0 Å². The second-order valence-electron chi connectivity index (χ2n) is 4.51. The fourth-order valence-electron chi connectivity index (χ4n) is 1.51. The zero-order valence-electron chi connectivity index (χ0n) is 11.2. The first kappa shape index (κ1) is 16.4. The van der Waals surface area contributed by atoms with Crippen molar-refractivity contribution in [3.8, 4) is 0 Å². The molecule has 0 heterocycles. The van der Waals surface area contributed by atoms with Gasteiger partial charge in [-0.15, -0.1) is 0 Å². The van der Waals surface area contributed by atoms with Crippen LogP contribution in [0.3, 0.4) is 0 Å². The van der Waals surface area contributed by atoms with Gasteiger partial charge in [-0.25, -0.2) is 8.42 Å². The molecule has 1 unspecified atom stereocenters. The third-order valence-electron chi connectivity index (χ3n) is 2.53. The number of esters is 1. The maximum Gasteiger partial charge on any atom is 0.323 e. The Labute approximate surface area is 104 Å². The van der Waals surface area contributed by atoms with Crippen LogP contribution in [-0.4, -0.2) is 45.1 Å². The Hall–Kier alpha value is -0.620. The Kier molecular flexibility index (Phi) is 6.70. The molecule has 0 aliphatic carbocycles. The van der Waals surface area contributed by atoms with Gasteiger partial charge in [0, 0.05) is 11.8 Å². The summed E-state index contributed by atoms with van der Waals surface area (Å²) in [4.78, 5) is 11.5. The Bertz CT molecular complexity index is 337.